The van der Waals surface area contributed by atoms with Gasteiger partial charge in [0.25, 0.3) is 0 Å². The average Bonchev–Trinajstić information content (AvgIpc) is 2.38. The first kappa shape index (κ1) is 15.0. The predicted octanol–water partition coefficient (Wildman–Crippen LogP) is 4.25. The molecule has 0 radical (unpaired) electrons. The fourth-order valence-corrected chi connectivity index (χ4v) is 2.21. The lowest BCUT2D eigenvalue weighted by molar-refractivity contribution is -0.137. The fraction of sp³-hybridized carbons (Fsp3) is 0.214. The number of alkyl halides is 3. The van der Waals surface area contributed by atoms with Gasteiger partial charge in [0, 0.05) is 21.9 Å². The molecule has 1 heterocycles. The predicted molar refractivity (Wildman–Crippen MR) is 72.2 cm³/mol. The molecule has 1 aromatic heterocycles. The number of hydrogen-bond donors (Lipinski definition) is 1. The van der Waals surface area contributed by atoms with E-state index in [1.54, 1.807) is 19.1 Å². The van der Waals surface area contributed by atoms with Crippen molar-refractivity contribution >= 4 is 15.9 Å². The van der Waals surface area contributed by atoms with Crippen LogP contribution in [0.5, 0.6) is 0 Å². The van der Waals surface area contributed by atoms with Crippen molar-refractivity contribution in [1.29, 1.82) is 0 Å². The molecular formula is C14H11BrF3NO. The lowest BCUT2D eigenvalue weighted by Crippen LogP contribution is -2.08. The van der Waals surface area contributed by atoms with E-state index in [9.17, 15) is 18.3 Å². The summed E-state index contributed by atoms with van der Waals surface area (Å²) >= 11 is 3.16. The van der Waals surface area contributed by atoms with Gasteiger partial charge < -0.3 is 5.11 Å². The van der Waals surface area contributed by atoms with Crippen molar-refractivity contribution in [3.05, 3.63) is 63.4 Å². The Labute approximate surface area is 122 Å². The summed E-state index contributed by atoms with van der Waals surface area (Å²) in [5, 5.41) is 10.2. The van der Waals surface area contributed by atoms with Crippen molar-refractivity contribution < 1.29 is 18.3 Å². The van der Waals surface area contributed by atoms with Gasteiger partial charge in [0.15, 0.2) is 0 Å². The van der Waals surface area contributed by atoms with Crippen molar-refractivity contribution in [1.82, 2.24) is 4.98 Å². The SMILES string of the molecule is Cc1ccc(C(O)c2cc(C(F)(F)F)ccc2Br)cn1. The van der Waals surface area contributed by atoms with Crippen LogP contribution in [0, 0.1) is 6.92 Å². The number of halogens is 4. The van der Waals surface area contributed by atoms with Gasteiger partial charge in [-0.15, -0.1) is 0 Å². The summed E-state index contributed by atoms with van der Waals surface area (Å²) in [5.74, 6) is 0. The Balaban J connectivity index is 2.43. The van der Waals surface area contributed by atoms with Crippen LogP contribution in [0.2, 0.25) is 0 Å². The third-order valence-electron chi connectivity index (χ3n) is 2.87. The van der Waals surface area contributed by atoms with Gasteiger partial charge in [0.05, 0.1) is 5.56 Å². The molecule has 0 aliphatic rings. The zero-order valence-electron chi connectivity index (χ0n) is 10.4. The molecular weight excluding hydrogens is 335 g/mol. The number of nitrogens with zero attached hydrogens (tertiary/aromatic N) is 1. The Morgan fingerprint density at radius 3 is 2.45 bits per heavy atom. The Morgan fingerprint density at radius 1 is 1.20 bits per heavy atom. The molecule has 1 unspecified atom stereocenters. The Hall–Kier alpha value is -1.40. The molecule has 106 valence electrons. The van der Waals surface area contributed by atoms with Crippen LogP contribution in [0.15, 0.2) is 41.0 Å². The van der Waals surface area contributed by atoms with Crippen molar-refractivity contribution in [3.8, 4) is 0 Å². The largest absolute Gasteiger partial charge is 0.416 e. The highest BCUT2D eigenvalue weighted by Gasteiger charge is 2.31. The topological polar surface area (TPSA) is 33.1 Å². The van der Waals surface area contributed by atoms with E-state index in [2.05, 4.69) is 20.9 Å². The van der Waals surface area contributed by atoms with Gasteiger partial charge in [0.2, 0.25) is 0 Å². The lowest BCUT2D eigenvalue weighted by Gasteiger charge is -2.16. The summed E-state index contributed by atoms with van der Waals surface area (Å²) in [4.78, 5) is 4.03. The summed E-state index contributed by atoms with van der Waals surface area (Å²) in [5.41, 5.74) is 0.569. The monoisotopic (exact) mass is 345 g/mol. The van der Waals surface area contributed by atoms with Gasteiger partial charge in [-0.1, -0.05) is 22.0 Å². The molecule has 0 saturated carbocycles. The van der Waals surface area contributed by atoms with Gasteiger partial charge in [-0.3, -0.25) is 4.98 Å². The van der Waals surface area contributed by atoms with Crippen molar-refractivity contribution in [2.45, 2.75) is 19.2 Å². The van der Waals surface area contributed by atoms with Crippen LogP contribution in [0.25, 0.3) is 0 Å². The molecule has 2 rings (SSSR count). The van der Waals surface area contributed by atoms with E-state index in [0.717, 1.165) is 17.8 Å². The van der Waals surface area contributed by atoms with Gasteiger partial charge in [-0.05, 0) is 36.8 Å². The lowest BCUT2D eigenvalue weighted by atomic mass is 10.0. The molecule has 20 heavy (non-hydrogen) atoms. The van der Waals surface area contributed by atoms with Gasteiger partial charge in [0.1, 0.15) is 6.10 Å². The second kappa shape index (κ2) is 5.54. The van der Waals surface area contributed by atoms with Crippen LogP contribution in [0.4, 0.5) is 13.2 Å². The molecule has 2 nitrogen and oxygen atoms in total. The van der Waals surface area contributed by atoms with Crippen LogP contribution in [0.1, 0.15) is 28.5 Å². The van der Waals surface area contributed by atoms with E-state index in [1.165, 1.54) is 12.3 Å². The van der Waals surface area contributed by atoms with E-state index in [4.69, 9.17) is 0 Å². The van der Waals surface area contributed by atoms with Crippen LogP contribution in [-0.4, -0.2) is 10.1 Å². The molecule has 1 atom stereocenters. The molecule has 0 amide bonds. The Bertz CT molecular complexity index is 611. The van der Waals surface area contributed by atoms with Crippen molar-refractivity contribution in [2.24, 2.45) is 0 Å². The number of hydrogen-bond acceptors (Lipinski definition) is 2. The summed E-state index contributed by atoms with van der Waals surface area (Å²) < 4.78 is 38.5. The summed E-state index contributed by atoms with van der Waals surface area (Å²) in [6, 6.07) is 6.52. The maximum atomic E-state index is 12.7. The maximum absolute atomic E-state index is 12.7. The minimum atomic E-state index is -4.44. The van der Waals surface area contributed by atoms with Crippen molar-refractivity contribution in [2.75, 3.05) is 0 Å². The number of aliphatic hydroxyl groups is 1. The van der Waals surface area contributed by atoms with Gasteiger partial charge in [-0.2, -0.15) is 13.2 Å². The number of rotatable bonds is 2. The maximum Gasteiger partial charge on any atom is 0.416 e. The normalized spacial score (nSPS) is 13.3. The minimum Gasteiger partial charge on any atom is -0.384 e. The highest BCUT2D eigenvalue weighted by Crippen LogP contribution is 2.35. The Kier molecular flexibility index (Phi) is 4.15. The second-order valence-corrected chi connectivity index (χ2v) is 5.22. The van der Waals surface area contributed by atoms with Crippen molar-refractivity contribution in [3.63, 3.8) is 0 Å². The third kappa shape index (κ3) is 3.19. The third-order valence-corrected chi connectivity index (χ3v) is 3.59. The van der Waals surface area contributed by atoms with Crippen LogP contribution < -0.4 is 0 Å². The average molecular weight is 346 g/mol. The summed E-state index contributed by atoms with van der Waals surface area (Å²) in [6.07, 6.45) is -4.16. The molecule has 0 saturated heterocycles. The number of aryl methyl sites for hydroxylation is 1. The first-order chi connectivity index (χ1) is 9.29. The zero-order chi connectivity index (χ0) is 14.9. The molecule has 0 aliphatic carbocycles. The molecule has 0 fully saturated rings. The van der Waals surface area contributed by atoms with Crippen LogP contribution >= 0.6 is 15.9 Å². The van der Waals surface area contributed by atoms with Crippen LogP contribution in [-0.2, 0) is 6.18 Å². The van der Waals surface area contributed by atoms with E-state index in [0.29, 0.717) is 10.0 Å². The van der Waals surface area contributed by atoms with E-state index < -0.39 is 17.8 Å². The van der Waals surface area contributed by atoms with E-state index >= 15 is 0 Å². The molecule has 1 N–H and O–H groups in total. The number of pyridine rings is 1. The van der Waals surface area contributed by atoms with E-state index in [-0.39, 0.29) is 5.56 Å². The van der Waals surface area contributed by atoms with E-state index in [1.807, 2.05) is 0 Å². The molecule has 0 aliphatic heterocycles. The molecule has 0 spiro atoms. The smallest absolute Gasteiger partial charge is 0.384 e. The minimum absolute atomic E-state index is 0.158. The summed E-state index contributed by atoms with van der Waals surface area (Å²) in [7, 11) is 0. The Morgan fingerprint density at radius 2 is 1.90 bits per heavy atom. The molecule has 1 aromatic carbocycles. The first-order valence-corrected chi connectivity index (χ1v) is 6.55. The molecule has 0 bridgehead atoms. The second-order valence-electron chi connectivity index (χ2n) is 4.37. The number of benzene rings is 1. The number of aromatic nitrogens is 1. The van der Waals surface area contributed by atoms with Gasteiger partial charge in [-0.25, -0.2) is 0 Å². The molecule has 2 aromatic rings. The highest BCUT2D eigenvalue weighted by molar-refractivity contribution is 9.10. The quantitative estimate of drug-likeness (QED) is 0.882. The highest BCUT2D eigenvalue weighted by atomic mass is 79.9. The zero-order valence-corrected chi connectivity index (χ0v) is 12.0. The van der Waals surface area contributed by atoms with Crippen LogP contribution in [0.3, 0.4) is 0 Å². The standard InChI is InChI=1S/C14H11BrF3NO/c1-8-2-3-9(7-19-8)13(20)11-6-10(14(16,17)18)4-5-12(11)15/h2-7,13,20H,1H3. The van der Waals surface area contributed by atoms with Gasteiger partial charge >= 0.3 is 6.18 Å². The number of aliphatic hydroxyl groups excluding tert-OH is 1. The first-order valence-electron chi connectivity index (χ1n) is 5.76. The molecule has 6 heteroatoms. The fourth-order valence-electron chi connectivity index (χ4n) is 1.75. The summed E-state index contributed by atoms with van der Waals surface area (Å²) in [6.45, 7) is 1.79.